The number of hydrogen-bond acceptors (Lipinski definition) is 6. The van der Waals surface area contributed by atoms with E-state index in [1.54, 1.807) is 12.2 Å². The van der Waals surface area contributed by atoms with Crippen molar-refractivity contribution in [3.8, 4) is 0 Å². The molecule has 0 spiro atoms. The van der Waals surface area contributed by atoms with Gasteiger partial charge in [-0.15, -0.1) is 0 Å². The minimum atomic E-state index is -0.877. The van der Waals surface area contributed by atoms with Crippen LogP contribution >= 0.6 is 0 Å². The normalized spacial score (nSPS) is 13.4. The molecule has 0 aromatic carbocycles. The Morgan fingerprint density at radius 1 is 0.449 bits per heavy atom. The van der Waals surface area contributed by atoms with Crippen molar-refractivity contribution in [3.63, 3.8) is 0 Å². The van der Waals surface area contributed by atoms with Crippen molar-refractivity contribution in [1.29, 1.82) is 0 Å². The first-order valence-electron chi connectivity index (χ1n) is 18.1. The minimum absolute atomic E-state index is 0.0731. The fourth-order valence-electron chi connectivity index (χ4n) is 3.98. The summed E-state index contributed by atoms with van der Waals surface area (Å²) in [6.07, 6.45) is 49.7. The smallest absolute Gasteiger partial charge is 0.310 e. The number of unbranched alkanes of at least 4 members (excludes halogenated alkanes) is 3. The number of carbonyl (C=O) groups excluding carboxylic acids is 3. The van der Waals surface area contributed by atoms with Crippen LogP contribution in [0, 0.1) is 0 Å². The molecular weight excluding hydrogens is 612 g/mol. The van der Waals surface area contributed by atoms with E-state index in [0.29, 0.717) is 12.8 Å². The number of ether oxygens (including phenoxy) is 3. The van der Waals surface area contributed by atoms with Gasteiger partial charge in [-0.05, 0) is 64.2 Å². The zero-order valence-corrected chi connectivity index (χ0v) is 30.4. The van der Waals surface area contributed by atoms with Crippen LogP contribution < -0.4 is 0 Å². The first kappa shape index (κ1) is 44.8. The molecule has 270 valence electrons. The monoisotopic (exact) mass is 674 g/mol. The molecule has 0 amide bonds. The van der Waals surface area contributed by atoms with Crippen molar-refractivity contribution < 1.29 is 28.6 Å². The minimum Gasteiger partial charge on any atom is -0.462 e. The Balaban J connectivity index is 4.67. The topological polar surface area (TPSA) is 78.9 Å². The van der Waals surface area contributed by atoms with Crippen molar-refractivity contribution in [3.05, 3.63) is 122 Å². The Bertz CT molecular complexity index is 1140. The van der Waals surface area contributed by atoms with Crippen molar-refractivity contribution in [2.24, 2.45) is 0 Å². The van der Waals surface area contributed by atoms with Gasteiger partial charge in [0.05, 0.1) is 12.8 Å². The summed E-state index contributed by atoms with van der Waals surface area (Å²) in [5.74, 6) is -1.28. The van der Waals surface area contributed by atoms with Gasteiger partial charge < -0.3 is 14.2 Å². The summed E-state index contributed by atoms with van der Waals surface area (Å²) in [7, 11) is 0. The van der Waals surface area contributed by atoms with Crippen molar-refractivity contribution in [2.45, 2.75) is 117 Å². The third kappa shape index (κ3) is 35.0. The molecule has 0 saturated heterocycles. The summed E-state index contributed by atoms with van der Waals surface area (Å²) < 4.78 is 16.3. The molecule has 1 atom stereocenters. The van der Waals surface area contributed by atoms with Gasteiger partial charge in [-0.3, -0.25) is 14.4 Å². The van der Waals surface area contributed by atoms with E-state index in [9.17, 15) is 14.4 Å². The standard InChI is InChI=1S/C43H62O6/c1-4-7-10-13-16-19-20-21-22-25-27-30-33-36-42(45)48-39-40(49-43(46)37-34-31-28-24-18-15-12-9-6-3)38-47-41(44)35-32-29-26-23-17-14-11-8-5-2/h7-13,16-24,29,31-32,34,40H,4-6,14-15,25-28,30,33,35-39H2,1-3H3/b10-7-,11-8-,12-9-,16-13-,20-19-,22-21-,23-17-,24-18-,32-29-,34-31-. The van der Waals surface area contributed by atoms with Crippen LogP contribution in [0.15, 0.2) is 122 Å². The summed E-state index contributed by atoms with van der Waals surface area (Å²) in [4.78, 5) is 37.2. The Hall–Kier alpha value is -4.19. The molecule has 0 aromatic rings. The summed E-state index contributed by atoms with van der Waals surface area (Å²) in [6, 6.07) is 0. The van der Waals surface area contributed by atoms with Gasteiger partial charge >= 0.3 is 17.9 Å². The van der Waals surface area contributed by atoms with Crippen LogP contribution in [0.1, 0.15) is 111 Å². The van der Waals surface area contributed by atoms with Gasteiger partial charge in [0.1, 0.15) is 13.2 Å². The molecule has 0 aromatic heterocycles. The van der Waals surface area contributed by atoms with Gasteiger partial charge in [-0.1, -0.05) is 149 Å². The fourth-order valence-corrected chi connectivity index (χ4v) is 3.98. The van der Waals surface area contributed by atoms with Crippen LogP contribution in [-0.4, -0.2) is 37.2 Å². The van der Waals surface area contributed by atoms with Gasteiger partial charge in [-0.2, -0.15) is 0 Å². The molecule has 6 nitrogen and oxygen atoms in total. The lowest BCUT2D eigenvalue weighted by molar-refractivity contribution is -0.166. The highest BCUT2D eigenvalue weighted by atomic mass is 16.6. The summed E-state index contributed by atoms with van der Waals surface area (Å²) >= 11 is 0. The molecular formula is C43H62O6. The van der Waals surface area contributed by atoms with Gasteiger partial charge in [0.15, 0.2) is 6.10 Å². The highest BCUT2D eigenvalue weighted by Crippen LogP contribution is 2.07. The average molecular weight is 675 g/mol. The maximum absolute atomic E-state index is 12.5. The zero-order valence-electron chi connectivity index (χ0n) is 30.4. The van der Waals surface area contributed by atoms with Crippen molar-refractivity contribution >= 4 is 17.9 Å². The quantitative estimate of drug-likeness (QED) is 0.0258. The van der Waals surface area contributed by atoms with Crippen LogP contribution in [0.25, 0.3) is 0 Å². The van der Waals surface area contributed by atoms with E-state index in [4.69, 9.17) is 14.2 Å². The van der Waals surface area contributed by atoms with Gasteiger partial charge in [-0.25, -0.2) is 0 Å². The Kier molecular flexibility index (Phi) is 33.5. The third-order valence-electron chi connectivity index (χ3n) is 6.60. The van der Waals surface area contributed by atoms with E-state index in [1.165, 1.54) is 0 Å². The zero-order chi connectivity index (χ0) is 35.9. The maximum Gasteiger partial charge on any atom is 0.310 e. The molecule has 0 aliphatic carbocycles. The van der Waals surface area contributed by atoms with Crippen LogP contribution in [0.4, 0.5) is 0 Å². The predicted octanol–water partition coefficient (Wildman–Crippen LogP) is 11.1. The summed E-state index contributed by atoms with van der Waals surface area (Å²) in [5, 5.41) is 0. The molecule has 0 bridgehead atoms. The van der Waals surface area contributed by atoms with Crippen LogP contribution in [-0.2, 0) is 28.6 Å². The Labute approximate surface area is 297 Å². The van der Waals surface area contributed by atoms with E-state index in [-0.39, 0.29) is 38.4 Å². The van der Waals surface area contributed by atoms with E-state index < -0.39 is 18.0 Å². The number of esters is 3. The molecule has 6 heteroatoms. The third-order valence-corrected chi connectivity index (χ3v) is 6.60. The molecule has 0 aliphatic heterocycles. The molecule has 0 radical (unpaired) electrons. The highest BCUT2D eigenvalue weighted by Gasteiger charge is 2.18. The second kappa shape index (κ2) is 36.6. The number of carbonyl (C=O) groups is 3. The molecule has 0 heterocycles. The van der Waals surface area contributed by atoms with Crippen LogP contribution in [0.3, 0.4) is 0 Å². The molecule has 0 N–H and O–H groups in total. The SMILES string of the molecule is CC\C=C/C=C\C=C/C=C\CCCCCC(=O)OCC(COC(=O)C/C=C\C/C=C\C/C=C\CC)OC(=O)C/C=C\C/C=C\C/C=C\CC. The largest absolute Gasteiger partial charge is 0.462 e. The van der Waals surface area contributed by atoms with Gasteiger partial charge in [0.25, 0.3) is 0 Å². The molecule has 0 fully saturated rings. The van der Waals surface area contributed by atoms with Crippen LogP contribution in [0.2, 0.25) is 0 Å². The second-order valence-electron chi connectivity index (χ2n) is 11.1. The van der Waals surface area contributed by atoms with Gasteiger partial charge in [0, 0.05) is 6.42 Å². The van der Waals surface area contributed by atoms with Gasteiger partial charge in [0.2, 0.25) is 0 Å². The predicted molar refractivity (Wildman–Crippen MR) is 205 cm³/mol. The first-order chi connectivity index (χ1) is 24.0. The Morgan fingerprint density at radius 2 is 0.898 bits per heavy atom. The van der Waals surface area contributed by atoms with E-state index >= 15 is 0 Å². The summed E-state index contributed by atoms with van der Waals surface area (Å²) in [5.41, 5.74) is 0. The Morgan fingerprint density at radius 3 is 1.45 bits per heavy atom. The van der Waals surface area contributed by atoms with E-state index in [0.717, 1.165) is 57.8 Å². The lowest BCUT2D eigenvalue weighted by Gasteiger charge is -2.17. The second-order valence-corrected chi connectivity index (χ2v) is 11.1. The molecule has 0 saturated carbocycles. The van der Waals surface area contributed by atoms with E-state index in [2.05, 4.69) is 69.4 Å². The molecule has 0 aliphatic rings. The number of rotatable bonds is 29. The van der Waals surface area contributed by atoms with Crippen molar-refractivity contribution in [2.75, 3.05) is 13.2 Å². The molecule has 0 rings (SSSR count). The molecule has 1 unspecified atom stereocenters. The molecule has 49 heavy (non-hydrogen) atoms. The first-order valence-corrected chi connectivity index (χ1v) is 18.1. The maximum atomic E-state index is 12.5. The van der Waals surface area contributed by atoms with Crippen molar-refractivity contribution in [1.82, 2.24) is 0 Å². The lowest BCUT2D eigenvalue weighted by atomic mass is 10.1. The number of allylic oxidation sites excluding steroid dienone is 18. The van der Waals surface area contributed by atoms with Crippen LogP contribution in [0.5, 0.6) is 0 Å². The lowest BCUT2D eigenvalue weighted by Crippen LogP contribution is -2.30. The summed E-state index contributed by atoms with van der Waals surface area (Å²) in [6.45, 7) is 5.96. The van der Waals surface area contributed by atoms with E-state index in [1.807, 2.05) is 60.8 Å². The highest BCUT2D eigenvalue weighted by molar-refractivity contribution is 5.72. The number of hydrogen-bond donors (Lipinski definition) is 0. The average Bonchev–Trinajstić information content (AvgIpc) is 3.10. The fraction of sp³-hybridized carbons (Fsp3) is 0.465.